The molecule has 0 radical (unpaired) electrons. The maximum absolute atomic E-state index is 13.2. The van der Waals surface area contributed by atoms with Gasteiger partial charge in [-0.1, -0.05) is 12.1 Å². The van der Waals surface area contributed by atoms with Crippen molar-refractivity contribution >= 4 is 17.6 Å². The van der Waals surface area contributed by atoms with E-state index in [1.807, 2.05) is 0 Å². The summed E-state index contributed by atoms with van der Waals surface area (Å²) in [5.41, 5.74) is 0.836. The monoisotopic (exact) mass is 372 g/mol. The quantitative estimate of drug-likeness (QED) is 0.821. The van der Waals surface area contributed by atoms with Gasteiger partial charge in [0, 0.05) is 31.5 Å². The molecule has 1 saturated heterocycles. The number of halogens is 2. The highest BCUT2D eigenvalue weighted by Crippen LogP contribution is 2.25. The van der Waals surface area contributed by atoms with Gasteiger partial charge in [-0.2, -0.15) is 0 Å². The van der Waals surface area contributed by atoms with Crippen LogP contribution in [0.1, 0.15) is 34.8 Å². The molecule has 0 bridgehead atoms. The van der Waals surface area contributed by atoms with Gasteiger partial charge in [-0.25, -0.2) is 8.78 Å². The summed E-state index contributed by atoms with van der Waals surface area (Å²) in [4.78, 5) is 38.5. The number of amides is 2. The van der Waals surface area contributed by atoms with E-state index in [0.29, 0.717) is 24.2 Å². The molecule has 1 heterocycles. The van der Waals surface area contributed by atoms with Gasteiger partial charge in [-0.15, -0.1) is 0 Å². The van der Waals surface area contributed by atoms with Crippen LogP contribution in [0.2, 0.25) is 0 Å². The predicted octanol–water partition coefficient (Wildman–Crippen LogP) is 2.63. The third-order valence-corrected chi connectivity index (χ3v) is 4.45. The number of nitrogens with zero attached hydrogens (tertiary/aromatic N) is 1. The van der Waals surface area contributed by atoms with Crippen molar-refractivity contribution < 1.29 is 23.2 Å². The Morgan fingerprint density at radius 3 is 2.19 bits per heavy atom. The minimum atomic E-state index is -0.854. The first-order valence-electron chi connectivity index (χ1n) is 8.57. The fourth-order valence-corrected chi connectivity index (χ4v) is 3.06. The molecule has 3 rings (SSSR count). The van der Waals surface area contributed by atoms with Crippen LogP contribution in [0.4, 0.5) is 8.78 Å². The molecule has 1 N–H and O–H groups in total. The van der Waals surface area contributed by atoms with E-state index in [1.54, 1.807) is 0 Å². The molecular formula is C20H18F2N2O3. The molecule has 0 aromatic heterocycles. The highest BCUT2D eigenvalue weighted by Gasteiger charge is 2.34. The molecule has 1 fully saturated rings. The molecule has 0 aliphatic carbocycles. The SMILES string of the molecule is O=C(CCC(=O)N1CCNC(=O)C1c1ccc(F)cc1)c1ccc(F)cc1. The molecule has 1 unspecified atom stereocenters. The molecule has 2 amide bonds. The van der Waals surface area contributed by atoms with Gasteiger partial charge in [-0.05, 0) is 42.0 Å². The van der Waals surface area contributed by atoms with Crippen molar-refractivity contribution in [2.45, 2.75) is 18.9 Å². The Labute approximate surface area is 155 Å². The number of hydrogen-bond acceptors (Lipinski definition) is 3. The zero-order valence-electron chi connectivity index (χ0n) is 14.5. The van der Waals surface area contributed by atoms with Crippen LogP contribution in [0, 0.1) is 11.6 Å². The van der Waals surface area contributed by atoms with Crippen molar-refractivity contribution in [3.05, 3.63) is 71.3 Å². The van der Waals surface area contributed by atoms with Crippen molar-refractivity contribution in [1.29, 1.82) is 0 Å². The number of ketones is 1. The van der Waals surface area contributed by atoms with E-state index < -0.39 is 17.7 Å². The first-order valence-corrected chi connectivity index (χ1v) is 8.57. The number of piperazine rings is 1. The van der Waals surface area contributed by atoms with Gasteiger partial charge in [0.2, 0.25) is 11.8 Å². The number of benzene rings is 2. The van der Waals surface area contributed by atoms with Crippen LogP contribution in [0.5, 0.6) is 0 Å². The van der Waals surface area contributed by atoms with Crippen molar-refractivity contribution in [2.75, 3.05) is 13.1 Å². The number of nitrogens with one attached hydrogen (secondary N) is 1. The number of carbonyl (C=O) groups excluding carboxylic acids is 3. The van der Waals surface area contributed by atoms with E-state index in [2.05, 4.69) is 5.32 Å². The van der Waals surface area contributed by atoms with Gasteiger partial charge in [0.25, 0.3) is 0 Å². The average Bonchev–Trinajstić information content (AvgIpc) is 2.67. The van der Waals surface area contributed by atoms with E-state index in [9.17, 15) is 23.2 Å². The number of carbonyl (C=O) groups is 3. The fourth-order valence-electron chi connectivity index (χ4n) is 3.06. The average molecular weight is 372 g/mol. The predicted molar refractivity (Wildman–Crippen MR) is 93.8 cm³/mol. The summed E-state index contributed by atoms with van der Waals surface area (Å²) in [5, 5.41) is 2.70. The van der Waals surface area contributed by atoms with Crippen LogP contribution in [0.3, 0.4) is 0 Å². The standard InChI is InChI=1S/C20H18F2N2O3/c21-15-5-1-13(2-6-15)17(25)9-10-18(26)24-12-11-23-20(27)19(24)14-3-7-16(22)8-4-14/h1-8,19H,9-12H2,(H,23,27). The van der Waals surface area contributed by atoms with Crippen LogP contribution in [0.25, 0.3) is 0 Å². The number of hydrogen-bond donors (Lipinski definition) is 1. The Morgan fingerprint density at radius 1 is 0.963 bits per heavy atom. The van der Waals surface area contributed by atoms with E-state index in [1.165, 1.54) is 53.4 Å². The molecule has 1 aliphatic heterocycles. The summed E-state index contributed by atoms with van der Waals surface area (Å²) >= 11 is 0. The van der Waals surface area contributed by atoms with Crippen molar-refractivity contribution in [3.63, 3.8) is 0 Å². The van der Waals surface area contributed by atoms with Crippen molar-refractivity contribution in [2.24, 2.45) is 0 Å². The van der Waals surface area contributed by atoms with Gasteiger partial charge >= 0.3 is 0 Å². The maximum atomic E-state index is 13.2. The van der Waals surface area contributed by atoms with Gasteiger partial charge in [0.1, 0.15) is 17.7 Å². The first kappa shape index (κ1) is 18.7. The molecule has 140 valence electrons. The van der Waals surface area contributed by atoms with E-state index >= 15 is 0 Å². The Bertz CT molecular complexity index is 851. The summed E-state index contributed by atoms with van der Waals surface area (Å²) < 4.78 is 26.1. The zero-order chi connectivity index (χ0) is 19.4. The second-order valence-corrected chi connectivity index (χ2v) is 6.26. The minimum Gasteiger partial charge on any atom is -0.352 e. The molecular weight excluding hydrogens is 354 g/mol. The number of rotatable bonds is 5. The normalized spacial score (nSPS) is 16.7. The third-order valence-electron chi connectivity index (χ3n) is 4.45. The molecule has 5 nitrogen and oxygen atoms in total. The second kappa shape index (κ2) is 8.07. The van der Waals surface area contributed by atoms with Crippen LogP contribution in [-0.4, -0.2) is 35.6 Å². The van der Waals surface area contributed by atoms with Gasteiger partial charge in [0.05, 0.1) is 0 Å². The molecule has 1 aliphatic rings. The molecule has 0 spiro atoms. The molecule has 2 aromatic carbocycles. The third kappa shape index (κ3) is 4.36. The van der Waals surface area contributed by atoms with E-state index in [0.717, 1.165) is 0 Å². The van der Waals surface area contributed by atoms with E-state index in [-0.39, 0.29) is 30.4 Å². The van der Waals surface area contributed by atoms with Crippen molar-refractivity contribution in [1.82, 2.24) is 10.2 Å². The topological polar surface area (TPSA) is 66.5 Å². The molecule has 0 saturated carbocycles. The van der Waals surface area contributed by atoms with Crippen LogP contribution >= 0.6 is 0 Å². The Kier molecular flexibility index (Phi) is 5.59. The Hall–Kier alpha value is -3.09. The lowest BCUT2D eigenvalue weighted by Crippen LogP contribution is -2.52. The van der Waals surface area contributed by atoms with Crippen LogP contribution in [0.15, 0.2) is 48.5 Å². The lowest BCUT2D eigenvalue weighted by molar-refractivity contribution is -0.143. The highest BCUT2D eigenvalue weighted by atomic mass is 19.1. The lowest BCUT2D eigenvalue weighted by atomic mass is 10.0. The fraction of sp³-hybridized carbons (Fsp3) is 0.250. The Balaban J connectivity index is 1.69. The van der Waals surface area contributed by atoms with E-state index in [4.69, 9.17) is 0 Å². The minimum absolute atomic E-state index is 0.0429. The zero-order valence-corrected chi connectivity index (χ0v) is 14.5. The van der Waals surface area contributed by atoms with Gasteiger partial charge in [0.15, 0.2) is 5.78 Å². The molecule has 7 heteroatoms. The van der Waals surface area contributed by atoms with Crippen LogP contribution in [-0.2, 0) is 9.59 Å². The lowest BCUT2D eigenvalue weighted by Gasteiger charge is -2.35. The Morgan fingerprint density at radius 2 is 1.56 bits per heavy atom. The van der Waals surface area contributed by atoms with Gasteiger partial charge in [-0.3, -0.25) is 14.4 Å². The highest BCUT2D eigenvalue weighted by molar-refractivity contribution is 5.98. The van der Waals surface area contributed by atoms with Gasteiger partial charge < -0.3 is 10.2 Å². The molecule has 1 atom stereocenters. The first-order chi connectivity index (χ1) is 13.0. The summed E-state index contributed by atoms with van der Waals surface area (Å²) in [7, 11) is 0. The number of Topliss-reactive ketones (excluding diaryl/α,β-unsaturated/α-hetero) is 1. The molecule has 27 heavy (non-hydrogen) atoms. The van der Waals surface area contributed by atoms with Crippen LogP contribution < -0.4 is 5.32 Å². The smallest absolute Gasteiger partial charge is 0.247 e. The van der Waals surface area contributed by atoms with Crippen molar-refractivity contribution in [3.8, 4) is 0 Å². The second-order valence-electron chi connectivity index (χ2n) is 6.26. The largest absolute Gasteiger partial charge is 0.352 e. The summed E-state index contributed by atoms with van der Waals surface area (Å²) in [5.74, 6) is -1.83. The summed E-state index contributed by atoms with van der Waals surface area (Å²) in [6.45, 7) is 0.617. The summed E-state index contributed by atoms with van der Waals surface area (Å²) in [6.07, 6.45) is -0.111. The summed E-state index contributed by atoms with van der Waals surface area (Å²) in [6, 6.07) is 9.67. The molecule has 2 aromatic rings. The maximum Gasteiger partial charge on any atom is 0.247 e.